The van der Waals surface area contributed by atoms with Crippen molar-refractivity contribution in [2.24, 2.45) is 0 Å². The average molecular weight is 276 g/mol. The van der Waals surface area contributed by atoms with Crippen LogP contribution in [-0.2, 0) is 0 Å². The van der Waals surface area contributed by atoms with Gasteiger partial charge in [-0.2, -0.15) is 0 Å². The Morgan fingerprint density at radius 2 is 2.00 bits per heavy atom. The molecule has 0 fully saturated rings. The van der Waals surface area contributed by atoms with Gasteiger partial charge in [0.25, 0.3) is 5.91 Å². The largest absolute Gasteiger partial charge is 0.391 e. The first-order chi connectivity index (χ1) is 7.74. The number of aliphatic hydroxyl groups is 1. The molecule has 1 rings (SSSR count). The lowest BCUT2D eigenvalue weighted by atomic mass is 9.98. The van der Waals surface area contributed by atoms with Crippen molar-refractivity contribution < 1.29 is 9.90 Å². The first-order valence-corrected chi connectivity index (χ1v) is 5.95. The van der Waals surface area contributed by atoms with E-state index in [1.54, 1.807) is 32.9 Å². The Kier molecular flexibility index (Phi) is 4.42. The number of carbonyl (C=O) groups excluding carboxylic acids is 1. The van der Waals surface area contributed by atoms with Gasteiger partial charge in [0, 0.05) is 5.02 Å². The van der Waals surface area contributed by atoms with Crippen molar-refractivity contribution in [1.82, 2.24) is 5.32 Å². The highest BCUT2D eigenvalue weighted by Crippen LogP contribution is 2.21. The highest BCUT2D eigenvalue weighted by molar-refractivity contribution is 6.36. The van der Waals surface area contributed by atoms with Gasteiger partial charge in [0.1, 0.15) is 0 Å². The summed E-state index contributed by atoms with van der Waals surface area (Å²) in [6.07, 6.45) is -0.669. The standard InChI is InChI=1S/C12H15Cl2NO2/c1-7(16)12(2,3)15-11(17)9-5-4-8(13)6-10(9)14/h4-7,16H,1-3H3,(H,15,17). The van der Waals surface area contributed by atoms with Crippen LogP contribution in [0.5, 0.6) is 0 Å². The Morgan fingerprint density at radius 1 is 1.41 bits per heavy atom. The SMILES string of the molecule is CC(O)C(C)(C)NC(=O)c1ccc(Cl)cc1Cl. The molecule has 2 N–H and O–H groups in total. The smallest absolute Gasteiger partial charge is 0.253 e. The molecule has 94 valence electrons. The topological polar surface area (TPSA) is 49.3 Å². The molecule has 0 aromatic heterocycles. The van der Waals surface area contributed by atoms with Gasteiger partial charge in [-0.05, 0) is 39.0 Å². The van der Waals surface area contributed by atoms with Crippen LogP contribution in [0.15, 0.2) is 18.2 Å². The Hall–Kier alpha value is -0.770. The maximum absolute atomic E-state index is 11.9. The summed E-state index contributed by atoms with van der Waals surface area (Å²) < 4.78 is 0. The molecule has 1 atom stereocenters. The minimum Gasteiger partial charge on any atom is -0.391 e. The summed E-state index contributed by atoms with van der Waals surface area (Å²) in [6, 6.07) is 4.66. The lowest BCUT2D eigenvalue weighted by Crippen LogP contribution is -2.51. The molecule has 0 bridgehead atoms. The fraction of sp³-hybridized carbons (Fsp3) is 0.417. The number of amides is 1. The van der Waals surface area contributed by atoms with Crippen molar-refractivity contribution in [2.45, 2.75) is 32.4 Å². The van der Waals surface area contributed by atoms with Crippen LogP contribution in [0.4, 0.5) is 0 Å². The third-order valence-electron chi connectivity index (χ3n) is 2.66. The minimum atomic E-state index is -0.722. The normalized spacial score (nSPS) is 13.3. The Bertz CT molecular complexity index is 431. The summed E-state index contributed by atoms with van der Waals surface area (Å²) in [6.45, 7) is 5.09. The molecule has 0 aliphatic carbocycles. The summed E-state index contributed by atoms with van der Waals surface area (Å²) in [5.74, 6) is -0.336. The van der Waals surface area contributed by atoms with Gasteiger partial charge in [-0.25, -0.2) is 0 Å². The lowest BCUT2D eigenvalue weighted by Gasteiger charge is -2.29. The van der Waals surface area contributed by atoms with E-state index in [1.165, 1.54) is 6.07 Å². The van der Waals surface area contributed by atoms with Crippen molar-refractivity contribution in [1.29, 1.82) is 0 Å². The fourth-order valence-corrected chi connectivity index (χ4v) is 1.63. The molecule has 1 aromatic rings. The van der Waals surface area contributed by atoms with Crippen molar-refractivity contribution in [2.75, 3.05) is 0 Å². The van der Waals surface area contributed by atoms with Crippen LogP contribution >= 0.6 is 23.2 Å². The molecule has 0 saturated carbocycles. The molecule has 1 unspecified atom stereocenters. The van der Waals surface area contributed by atoms with Crippen LogP contribution < -0.4 is 5.32 Å². The van der Waals surface area contributed by atoms with Gasteiger partial charge in [0.2, 0.25) is 0 Å². The van der Waals surface area contributed by atoms with Gasteiger partial charge in [-0.1, -0.05) is 23.2 Å². The number of aliphatic hydroxyl groups excluding tert-OH is 1. The van der Waals surface area contributed by atoms with E-state index in [0.717, 1.165) is 0 Å². The van der Waals surface area contributed by atoms with Crippen LogP contribution in [0.25, 0.3) is 0 Å². The van der Waals surface area contributed by atoms with Gasteiger partial charge >= 0.3 is 0 Å². The quantitative estimate of drug-likeness (QED) is 0.891. The third-order valence-corrected chi connectivity index (χ3v) is 3.20. The summed E-state index contributed by atoms with van der Waals surface area (Å²) in [5, 5.41) is 13.0. The molecule has 1 aromatic carbocycles. The molecule has 1 amide bonds. The van der Waals surface area contributed by atoms with Gasteiger partial charge < -0.3 is 10.4 Å². The highest BCUT2D eigenvalue weighted by atomic mass is 35.5. The van der Waals surface area contributed by atoms with E-state index < -0.39 is 11.6 Å². The van der Waals surface area contributed by atoms with Crippen molar-refractivity contribution in [3.8, 4) is 0 Å². The van der Waals surface area contributed by atoms with Crippen LogP contribution in [0.3, 0.4) is 0 Å². The predicted octanol–water partition coefficient (Wildman–Crippen LogP) is 2.88. The van der Waals surface area contributed by atoms with E-state index in [2.05, 4.69) is 5.32 Å². The molecule has 0 radical (unpaired) electrons. The number of halogens is 2. The maximum Gasteiger partial charge on any atom is 0.253 e. The van der Waals surface area contributed by atoms with E-state index in [4.69, 9.17) is 23.2 Å². The van der Waals surface area contributed by atoms with Crippen LogP contribution in [0, 0.1) is 0 Å². The van der Waals surface area contributed by atoms with Crippen molar-refractivity contribution >= 4 is 29.1 Å². The van der Waals surface area contributed by atoms with Crippen molar-refractivity contribution in [3.63, 3.8) is 0 Å². The molecule has 3 nitrogen and oxygen atoms in total. The third kappa shape index (κ3) is 3.60. The van der Waals surface area contributed by atoms with Gasteiger partial charge in [0.15, 0.2) is 0 Å². The Morgan fingerprint density at radius 3 is 2.47 bits per heavy atom. The average Bonchev–Trinajstić information content (AvgIpc) is 2.15. The molecule has 0 aliphatic rings. The molecule has 0 heterocycles. The van der Waals surface area contributed by atoms with Crippen molar-refractivity contribution in [3.05, 3.63) is 33.8 Å². The summed E-state index contributed by atoms with van der Waals surface area (Å²) in [5.41, 5.74) is -0.384. The second-order valence-corrected chi connectivity index (χ2v) is 5.32. The van der Waals surface area contributed by atoms with E-state index in [9.17, 15) is 9.90 Å². The van der Waals surface area contributed by atoms with E-state index in [-0.39, 0.29) is 10.9 Å². The van der Waals surface area contributed by atoms with E-state index in [1.807, 2.05) is 0 Å². The van der Waals surface area contributed by atoms with E-state index in [0.29, 0.717) is 10.6 Å². The summed E-state index contributed by atoms with van der Waals surface area (Å²) in [4.78, 5) is 11.9. The zero-order chi connectivity index (χ0) is 13.2. The van der Waals surface area contributed by atoms with E-state index >= 15 is 0 Å². The number of hydrogen-bond donors (Lipinski definition) is 2. The zero-order valence-electron chi connectivity index (χ0n) is 9.92. The number of nitrogens with one attached hydrogen (secondary N) is 1. The molecular weight excluding hydrogens is 261 g/mol. The first kappa shape index (κ1) is 14.3. The van der Waals surface area contributed by atoms with Crippen LogP contribution in [0.2, 0.25) is 10.0 Å². The highest BCUT2D eigenvalue weighted by Gasteiger charge is 2.27. The van der Waals surface area contributed by atoms with Crippen LogP contribution in [-0.4, -0.2) is 22.7 Å². The number of rotatable bonds is 3. The van der Waals surface area contributed by atoms with Gasteiger partial charge in [-0.3, -0.25) is 4.79 Å². The zero-order valence-corrected chi connectivity index (χ0v) is 11.4. The monoisotopic (exact) mass is 275 g/mol. The second kappa shape index (κ2) is 5.25. The molecule has 0 aliphatic heterocycles. The molecule has 0 spiro atoms. The Balaban J connectivity index is 2.91. The lowest BCUT2D eigenvalue weighted by molar-refractivity contribution is 0.0709. The maximum atomic E-state index is 11.9. The second-order valence-electron chi connectivity index (χ2n) is 4.48. The molecule has 0 saturated heterocycles. The first-order valence-electron chi connectivity index (χ1n) is 5.19. The fourth-order valence-electron chi connectivity index (χ4n) is 1.14. The van der Waals surface area contributed by atoms with Gasteiger partial charge in [-0.15, -0.1) is 0 Å². The number of benzene rings is 1. The molecule has 5 heteroatoms. The molecular formula is C12H15Cl2NO2. The Labute approximate surface area is 111 Å². The van der Waals surface area contributed by atoms with Gasteiger partial charge in [0.05, 0.1) is 22.2 Å². The summed E-state index contributed by atoms with van der Waals surface area (Å²) >= 11 is 11.7. The number of hydrogen-bond acceptors (Lipinski definition) is 2. The van der Waals surface area contributed by atoms with Crippen LogP contribution in [0.1, 0.15) is 31.1 Å². The summed E-state index contributed by atoms with van der Waals surface area (Å²) in [7, 11) is 0. The predicted molar refractivity (Wildman–Crippen MR) is 69.7 cm³/mol. The number of carbonyl (C=O) groups is 1. The molecule has 17 heavy (non-hydrogen) atoms. The minimum absolute atomic E-state index is 0.288.